The third-order valence-electron chi connectivity index (χ3n) is 6.85. The van der Waals surface area contributed by atoms with Crippen LogP contribution in [0.25, 0.3) is 34.0 Å². The van der Waals surface area contributed by atoms with Crippen molar-refractivity contribution in [1.82, 2.24) is 15.2 Å². The van der Waals surface area contributed by atoms with Gasteiger partial charge in [-0.1, -0.05) is 72.7 Å². The Labute approximate surface area is 212 Å². The van der Waals surface area contributed by atoms with Crippen molar-refractivity contribution in [3.63, 3.8) is 0 Å². The minimum absolute atomic E-state index is 0.0267. The molecule has 6 nitrogen and oxygen atoms in total. The monoisotopic (exact) mass is 511 g/mol. The molecule has 0 aliphatic heterocycles. The van der Waals surface area contributed by atoms with Gasteiger partial charge >= 0.3 is 6.18 Å². The normalized spacial score (nSPS) is 14.0. The molecule has 0 radical (unpaired) electrons. The fourth-order valence-electron chi connectivity index (χ4n) is 5.00. The van der Waals surface area contributed by atoms with Crippen molar-refractivity contribution in [1.29, 1.82) is 0 Å². The second-order valence-corrected chi connectivity index (χ2v) is 9.26. The summed E-state index contributed by atoms with van der Waals surface area (Å²) in [5.74, 6) is -0.381. The first-order chi connectivity index (χ1) is 17.8. The summed E-state index contributed by atoms with van der Waals surface area (Å²) >= 11 is 0. The quantitative estimate of drug-likeness (QED) is 0.289. The van der Waals surface area contributed by atoms with E-state index in [1.807, 2.05) is 18.2 Å². The molecule has 0 fully saturated rings. The second-order valence-electron chi connectivity index (χ2n) is 9.26. The molecule has 1 aliphatic carbocycles. The molecule has 0 amide bonds. The van der Waals surface area contributed by atoms with Crippen LogP contribution in [0.15, 0.2) is 57.6 Å². The highest BCUT2D eigenvalue weighted by Crippen LogP contribution is 2.46. The van der Waals surface area contributed by atoms with Crippen molar-refractivity contribution < 1.29 is 27.3 Å². The van der Waals surface area contributed by atoms with E-state index >= 15 is 0 Å². The summed E-state index contributed by atoms with van der Waals surface area (Å²) in [7, 11) is 0. The molecule has 194 valence electrons. The highest BCUT2D eigenvalue weighted by molar-refractivity contribution is 5.79. The Morgan fingerprint density at radius 2 is 1.70 bits per heavy atom. The predicted molar refractivity (Wildman–Crippen MR) is 133 cm³/mol. The highest BCUT2D eigenvalue weighted by Gasteiger charge is 2.43. The van der Waals surface area contributed by atoms with Gasteiger partial charge in [0.05, 0.1) is 6.10 Å². The lowest BCUT2D eigenvalue weighted by Gasteiger charge is -2.24. The third-order valence-corrected chi connectivity index (χ3v) is 6.85. The van der Waals surface area contributed by atoms with E-state index in [0.717, 1.165) is 36.2 Å². The Hall–Kier alpha value is -3.43. The maximum Gasteiger partial charge on any atom is 0.422 e. The SMILES string of the molecule is CCCN(CC)CC(O)c1ccc2c(c1)CCc1c-2noc1-c1noc(-c2ccccc2)c1C(F)(F)F. The number of nitrogens with zero attached hydrogens (tertiary/aromatic N) is 3. The van der Waals surface area contributed by atoms with Gasteiger partial charge < -0.3 is 19.1 Å². The van der Waals surface area contributed by atoms with Gasteiger partial charge in [-0.3, -0.25) is 0 Å². The lowest BCUT2D eigenvalue weighted by molar-refractivity contribution is -0.136. The van der Waals surface area contributed by atoms with Crippen molar-refractivity contribution in [2.75, 3.05) is 19.6 Å². The van der Waals surface area contributed by atoms with Gasteiger partial charge in [-0.2, -0.15) is 13.2 Å². The smallest absolute Gasteiger partial charge is 0.387 e. The number of hydrogen-bond acceptors (Lipinski definition) is 6. The molecule has 4 aromatic rings. The second kappa shape index (κ2) is 10.1. The summed E-state index contributed by atoms with van der Waals surface area (Å²) < 4.78 is 53.3. The minimum Gasteiger partial charge on any atom is -0.387 e. The van der Waals surface area contributed by atoms with Crippen LogP contribution >= 0.6 is 0 Å². The molecule has 1 unspecified atom stereocenters. The first-order valence-electron chi connectivity index (χ1n) is 12.5. The molecule has 5 rings (SSSR count). The van der Waals surface area contributed by atoms with Crippen LogP contribution in [0.2, 0.25) is 0 Å². The van der Waals surface area contributed by atoms with Gasteiger partial charge in [-0.05, 0) is 43.5 Å². The zero-order valence-corrected chi connectivity index (χ0v) is 20.7. The van der Waals surface area contributed by atoms with Gasteiger partial charge in [0.2, 0.25) is 0 Å². The van der Waals surface area contributed by atoms with Crippen molar-refractivity contribution in [2.24, 2.45) is 0 Å². The molecule has 0 spiro atoms. The minimum atomic E-state index is -4.71. The number of aryl methyl sites for hydroxylation is 1. The Morgan fingerprint density at radius 1 is 0.973 bits per heavy atom. The Bertz CT molecular complexity index is 1380. The Balaban J connectivity index is 1.50. The van der Waals surface area contributed by atoms with Crippen LogP contribution in [-0.2, 0) is 19.0 Å². The molecule has 1 atom stereocenters. The number of benzene rings is 2. The Morgan fingerprint density at radius 3 is 2.41 bits per heavy atom. The molecule has 2 aromatic carbocycles. The standard InChI is InChI=1S/C28H28F3N3O3/c1-3-14-34(4-2)16-22(35)19-11-12-20-18(15-19)10-13-21-24(20)32-37-27(21)25-23(28(29,30)31)26(36-33-25)17-8-6-5-7-9-17/h5-9,11-12,15,22,35H,3-4,10,13-14,16H2,1-2H3. The van der Waals surface area contributed by atoms with Crippen LogP contribution < -0.4 is 0 Å². The first-order valence-corrected chi connectivity index (χ1v) is 12.5. The lowest BCUT2D eigenvalue weighted by atomic mass is 9.86. The van der Waals surface area contributed by atoms with Crippen LogP contribution in [0.3, 0.4) is 0 Å². The molecule has 0 bridgehead atoms. The molecular formula is C28H28F3N3O3. The number of fused-ring (bicyclic) bond motifs is 3. The average Bonchev–Trinajstić information content (AvgIpc) is 3.53. The highest BCUT2D eigenvalue weighted by atomic mass is 19.4. The molecule has 0 saturated carbocycles. The molecule has 1 N–H and O–H groups in total. The van der Waals surface area contributed by atoms with Crippen molar-refractivity contribution in [3.8, 4) is 34.0 Å². The third kappa shape index (κ3) is 4.81. The first kappa shape index (κ1) is 25.2. The van der Waals surface area contributed by atoms with E-state index in [4.69, 9.17) is 9.05 Å². The molecule has 9 heteroatoms. The van der Waals surface area contributed by atoms with Crippen molar-refractivity contribution in [2.45, 2.75) is 45.4 Å². The fraction of sp³-hybridized carbons (Fsp3) is 0.357. The molecule has 0 saturated heterocycles. The van der Waals surface area contributed by atoms with Gasteiger partial charge in [0.1, 0.15) is 11.3 Å². The van der Waals surface area contributed by atoms with E-state index in [2.05, 4.69) is 29.1 Å². The summed E-state index contributed by atoms with van der Waals surface area (Å²) in [5, 5.41) is 18.7. The number of aliphatic hydroxyl groups is 1. The summed E-state index contributed by atoms with van der Waals surface area (Å²) in [4.78, 5) is 2.20. The molecular weight excluding hydrogens is 483 g/mol. The zero-order chi connectivity index (χ0) is 26.2. The van der Waals surface area contributed by atoms with Crippen LogP contribution in [0.4, 0.5) is 13.2 Å². The largest absolute Gasteiger partial charge is 0.422 e. The van der Waals surface area contributed by atoms with Crippen molar-refractivity contribution >= 4 is 0 Å². The van der Waals surface area contributed by atoms with E-state index < -0.39 is 23.5 Å². The predicted octanol–water partition coefficient (Wildman–Crippen LogP) is 6.55. The van der Waals surface area contributed by atoms with Crippen LogP contribution in [-0.4, -0.2) is 40.0 Å². The fourth-order valence-corrected chi connectivity index (χ4v) is 5.00. The topological polar surface area (TPSA) is 75.5 Å². The number of alkyl halides is 3. The zero-order valence-electron chi connectivity index (χ0n) is 20.7. The van der Waals surface area contributed by atoms with E-state index in [9.17, 15) is 18.3 Å². The number of hydrogen-bond donors (Lipinski definition) is 1. The summed E-state index contributed by atoms with van der Waals surface area (Å²) in [5.41, 5.74) is 2.54. The van der Waals surface area contributed by atoms with E-state index in [1.54, 1.807) is 30.3 Å². The van der Waals surface area contributed by atoms with Crippen molar-refractivity contribution in [3.05, 3.63) is 70.8 Å². The van der Waals surface area contributed by atoms with Gasteiger partial charge in [0, 0.05) is 23.2 Å². The summed E-state index contributed by atoms with van der Waals surface area (Å²) in [6.45, 7) is 6.49. The number of aromatic nitrogens is 2. The number of likely N-dealkylation sites (N-methyl/N-ethyl adjacent to an activating group) is 1. The number of rotatable bonds is 8. The Kier molecular flexibility index (Phi) is 6.92. The summed E-state index contributed by atoms with van der Waals surface area (Å²) in [6, 6.07) is 13.7. The lowest BCUT2D eigenvalue weighted by Crippen LogP contribution is -2.29. The van der Waals surface area contributed by atoms with E-state index in [-0.39, 0.29) is 17.1 Å². The van der Waals surface area contributed by atoms with E-state index in [0.29, 0.717) is 30.6 Å². The molecule has 2 aromatic heterocycles. The average molecular weight is 512 g/mol. The molecule has 2 heterocycles. The molecule has 1 aliphatic rings. The summed E-state index contributed by atoms with van der Waals surface area (Å²) in [6.07, 6.45) is -3.32. The van der Waals surface area contributed by atoms with Crippen LogP contribution in [0.1, 0.15) is 48.6 Å². The maximum absolute atomic E-state index is 14.2. The van der Waals surface area contributed by atoms with Gasteiger partial charge in [-0.15, -0.1) is 0 Å². The maximum atomic E-state index is 14.2. The molecule has 37 heavy (non-hydrogen) atoms. The van der Waals surface area contributed by atoms with Gasteiger partial charge in [-0.25, -0.2) is 0 Å². The van der Waals surface area contributed by atoms with E-state index in [1.165, 1.54) is 0 Å². The van der Waals surface area contributed by atoms with Gasteiger partial charge in [0.15, 0.2) is 17.2 Å². The van der Waals surface area contributed by atoms with Gasteiger partial charge in [0.25, 0.3) is 0 Å². The number of halogens is 3. The van der Waals surface area contributed by atoms with Crippen LogP contribution in [0.5, 0.6) is 0 Å². The van der Waals surface area contributed by atoms with Crippen LogP contribution in [0, 0.1) is 0 Å². The number of aliphatic hydroxyl groups excluding tert-OH is 1.